The summed E-state index contributed by atoms with van der Waals surface area (Å²) in [6, 6.07) is 11.9. The van der Waals surface area contributed by atoms with Crippen molar-refractivity contribution < 1.29 is 19.1 Å². The minimum absolute atomic E-state index is 0. The van der Waals surface area contributed by atoms with E-state index in [4.69, 9.17) is 4.74 Å². The smallest absolute Gasteiger partial charge is 0.261 e. The average molecular weight is 444 g/mol. The predicted octanol–water partition coefficient (Wildman–Crippen LogP) is 2.74. The summed E-state index contributed by atoms with van der Waals surface area (Å²) in [5.74, 6) is -0.302. The molecule has 1 saturated heterocycles. The van der Waals surface area contributed by atoms with E-state index in [1.165, 1.54) is 23.8 Å². The van der Waals surface area contributed by atoms with Gasteiger partial charge in [-0.05, 0) is 61.8 Å². The maximum absolute atomic E-state index is 12.9. The van der Waals surface area contributed by atoms with E-state index < -0.39 is 0 Å². The Hall–Kier alpha value is -2.90. The predicted molar refractivity (Wildman–Crippen MR) is 119 cm³/mol. The molecule has 8 heteroatoms. The summed E-state index contributed by atoms with van der Waals surface area (Å²) in [6.07, 6.45) is 2.42. The van der Waals surface area contributed by atoms with Crippen LogP contribution in [0.25, 0.3) is 0 Å². The van der Waals surface area contributed by atoms with Gasteiger partial charge in [-0.1, -0.05) is 12.1 Å². The molecule has 2 aromatic carbocycles. The highest BCUT2D eigenvalue weighted by Crippen LogP contribution is 2.26. The molecule has 0 radical (unpaired) electrons. The van der Waals surface area contributed by atoms with Crippen molar-refractivity contribution in [1.82, 2.24) is 15.1 Å². The Kier molecular flexibility index (Phi) is 7.30. The molecule has 2 aliphatic heterocycles. The Morgan fingerprint density at radius 1 is 1.03 bits per heavy atom. The Balaban J connectivity index is 0.00000272. The second kappa shape index (κ2) is 9.94. The highest BCUT2D eigenvalue weighted by atomic mass is 35.5. The molecule has 1 fully saturated rings. The van der Waals surface area contributed by atoms with E-state index in [2.05, 4.69) is 10.2 Å². The van der Waals surface area contributed by atoms with Gasteiger partial charge in [-0.3, -0.25) is 19.3 Å². The van der Waals surface area contributed by atoms with Crippen molar-refractivity contribution in [3.05, 3.63) is 64.7 Å². The van der Waals surface area contributed by atoms with E-state index in [1.807, 2.05) is 12.1 Å². The van der Waals surface area contributed by atoms with Gasteiger partial charge in [-0.15, -0.1) is 12.4 Å². The first-order chi connectivity index (χ1) is 14.6. The highest BCUT2D eigenvalue weighted by molar-refractivity contribution is 6.22. The summed E-state index contributed by atoms with van der Waals surface area (Å²) in [6.45, 7) is 3.69. The lowest BCUT2D eigenvalue weighted by Crippen LogP contribution is -2.33. The van der Waals surface area contributed by atoms with Crippen LogP contribution in [0.5, 0.6) is 5.75 Å². The van der Waals surface area contributed by atoms with Crippen LogP contribution in [0.1, 0.15) is 49.5 Å². The van der Waals surface area contributed by atoms with Gasteiger partial charge < -0.3 is 15.0 Å². The first-order valence-corrected chi connectivity index (χ1v) is 10.2. The van der Waals surface area contributed by atoms with Crippen LogP contribution in [0.4, 0.5) is 0 Å². The van der Waals surface area contributed by atoms with Crippen molar-refractivity contribution in [2.24, 2.45) is 0 Å². The van der Waals surface area contributed by atoms with Gasteiger partial charge in [-0.25, -0.2) is 0 Å². The fourth-order valence-corrected chi connectivity index (χ4v) is 3.96. The van der Waals surface area contributed by atoms with E-state index in [9.17, 15) is 14.4 Å². The third-order valence-electron chi connectivity index (χ3n) is 5.62. The van der Waals surface area contributed by atoms with Crippen LogP contribution >= 0.6 is 12.4 Å². The van der Waals surface area contributed by atoms with Crippen LogP contribution in [0.15, 0.2) is 42.5 Å². The van der Waals surface area contributed by atoms with E-state index in [1.54, 1.807) is 31.4 Å². The second-order valence-corrected chi connectivity index (χ2v) is 7.61. The molecule has 2 aromatic rings. The lowest BCUT2D eigenvalue weighted by atomic mass is 10.1. The third-order valence-corrected chi connectivity index (χ3v) is 5.62. The van der Waals surface area contributed by atoms with Crippen LogP contribution in [0.2, 0.25) is 0 Å². The maximum Gasteiger partial charge on any atom is 0.261 e. The number of nitrogens with one attached hydrogen (secondary N) is 1. The maximum atomic E-state index is 12.9. The number of ether oxygens (including phenoxy) is 1. The number of rotatable bonds is 7. The van der Waals surface area contributed by atoms with Crippen molar-refractivity contribution in [1.29, 1.82) is 0 Å². The average Bonchev–Trinajstić information content (AvgIpc) is 3.36. The Morgan fingerprint density at radius 2 is 1.77 bits per heavy atom. The third kappa shape index (κ3) is 4.89. The number of imide groups is 1. The molecule has 7 nitrogen and oxygen atoms in total. The van der Waals surface area contributed by atoms with Gasteiger partial charge >= 0.3 is 0 Å². The van der Waals surface area contributed by atoms with Gasteiger partial charge in [0.05, 0.1) is 24.8 Å². The number of nitrogens with zero attached hydrogens (tertiary/aromatic N) is 2. The Morgan fingerprint density at radius 3 is 2.52 bits per heavy atom. The summed E-state index contributed by atoms with van der Waals surface area (Å²) < 4.78 is 5.21. The molecule has 2 heterocycles. The van der Waals surface area contributed by atoms with Crippen LogP contribution in [0, 0.1) is 0 Å². The standard InChI is InChI=1S/C23H25N3O4.ClH/c1-30-18-6-4-5-16(13-18)15-26-22(28)19-8-7-17(14-20(19)23(26)29)21(27)24-9-12-25-10-2-3-11-25;/h4-8,13-14H,2-3,9-12,15H2,1H3,(H,24,27);1H. The fraction of sp³-hybridized carbons (Fsp3) is 0.348. The zero-order valence-corrected chi connectivity index (χ0v) is 18.2. The van der Waals surface area contributed by atoms with Gasteiger partial charge in [0.25, 0.3) is 17.7 Å². The molecule has 0 aliphatic carbocycles. The lowest BCUT2D eigenvalue weighted by molar-refractivity contribution is 0.0642. The van der Waals surface area contributed by atoms with Crippen molar-refractivity contribution in [3.63, 3.8) is 0 Å². The number of likely N-dealkylation sites (tertiary alicyclic amines) is 1. The molecule has 2 aliphatic rings. The van der Waals surface area contributed by atoms with Gasteiger partial charge in [-0.2, -0.15) is 0 Å². The number of amides is 3. The number of halogens is 1. The molecule has 0 spiro atoms. The fourth-order valence-electron chi connectivity index (χ4n) is 3.96. The zero-order valence-electron chi connectivity index (χ0n) is 17.4. The van der Waals surface area contributed by atoms with Crippen molar-refractivity contribution in [2.75, 3.05) is 33.3 Å². The summed E-state index contributed by atoms with van der Waals surface area (Å²) in [5, 5.41) is 2.90. The SMILES string of the molecule is COc1cccc(CN2C(=O)c3ccc(C(=O)NCCN4CCCC4)cc3C2=O)c1.Cl. The van der Waals surface area contributed by atoms with E-state index in [-0.39, 0.29) is 42.2 Å². The summed E-state index contributed by atoms with van der Waals surface area (Å²) in [7, 11) is 1.57. The molecule has 31 heavy (non-hydrogen) atoms. The van der Waals surface area contributed by atoms with Gasteiger partial charge in [0.2, 0.25) is 0 Å². The Labute approximate surface area is 187 Å². The van der Waals surface area contributed by atoms with Crippen LogP contribution in [0.3, 0.4) is 0 Å². The molecule has 0 unspecified atom stereocenters. The molecular formula is C23H26ClN3O4. The zero-order chi connectivity index (χ0) is 21.1. The molecule has 3 amide bonds. The van der Waals surface area contributed by atoms with E-state index in [0.29, 0.717) is 23.4 Å². The molecule has 0 aromatic heterocycles. The lowest BCUT2D eigenvalue weighted by Gasteiger charge is -2.14. The van der Waals surface area contributed by atoms with E-state index in [0.717, 1.165) is 25.2 Å². The summed E-state index contributed by atoms with van der Waals surface area (Å²) >= 11 is 0. The summed E-state index contributed by atoms with van der Waals surface area (Å²) in [5.41, 5.74) is 1.79. The van der Waals surface area contributed by atoms with E-state index >= 15 is 0 Å². The number of methoxy groups -OCH3 is 1. The van der Waals surface area contributed by atoms with Gasteiger partial charge in [0, 0.05) is 18.7 Å². The van der Waals surface area contributed by atoms with Crippen molar-refractivity contribution in [2.45, 2.75) is 19.4 Å². The van der Waals surface area contributed by atoms with Crippen LogP contribution in [-0.4, -0.2) is 60.8 Å². The number of carbonyl (C=O) groups is 3. The molecule has 0 saturated carbocycles. The van der Waals surface area contributed by atoms with Gasteiger partial charge in [0.15, 0.2) is 0 Å². The topological polar surface area (TPSA) is 79.0 Å². The first-order valence-electron chi connectivity index (χ1n) is 10.2. The van der Waals surface area contributed by atoms with Gasteiger partial charge in [0.1, 0.15) is 5.75 Å². The minimum Gasteiger partial charge on any atom is -0.497 e. The molecule has 0 bridgehead atoms. The normalized spacial score (nSPS) is 15.6. The number of fused-ring (bicyclic) bond motifs is 1. The number of hydrogen-bond acceptors (Lipinski definition) is 5. The molecular weight excluding hydrogens is 418 g/mol. The minimum atomic E-state index is -0.385. The molecule has 0 atom stereocenters. The van der Waals surface area contributed by atoms with Crippen molar-refractivity contribution in [3.8, 4) is 5.75 Å². The summed E-state index contributed by atoms with van der Waals surface area (Å²) in [4.78, 5) is 41.6. The monoisotopic (exact) mass is 443 g/mol. The largest absolute Gasteiger partial charge is 0.497 e. The molecule has 164 valence electrons. The highest BCUT2D eigenvalue weighted by Gasteiger charge is 2.36. The number of hydrogen-bond donors (Lipinski definition) is 1. The quantitative estimate of drug-likeness (QED) is 0.666. The molecule has 4 rings (SSSR count). The van der Waals surface area contributed by atoms with Crippen LogP contribution < -0.4 is 10.1 Å². The van der Waals surface area contributed by atoms with Crippen LogP contribution in [-0.2, 0) is 6.54 Å². The van der Waals surface area contributed by atoms with Crippen molar-refractivity contribution >= 4 is 30.1 Å². The number of carbonyl (C=O) groups excluding carboxylic acids is 3. The second-order valence-electron chi connectivity index (χ2n) is 7.61. The molecule has 1 N–H and O–H groups in total. The Bertz CT molecular complexity index is 989. The first kappa shape index (κ1) is 22.8. The number of benzene rings is 2.